The molecule has 0 saturated heterocycles. The Morgan fingerprint density at radius 3 is 2.02 bits per heavy atom. The number of allylic oxidation sites excluding steroid dienone is 4. The minimum Gasteiger partial charge on any atom is -0.456 e. The summed E-state index contributed by atoms with van der Waals surface area (Å²) in [5.74, 6) is 0. The van der Waals surface area contributed by atoms with Gasteiger partial charge in [-0.3, -0.25) is 0 Å². The van der Waals surface area contributed by atoms with E-state index in [1.165, 1.54) is 38.6 Å². The van der Waals surface area contributed by atoms with Crippen LogP contribution < -0.4 is 4.90 Å². The molecule has 3 nitrogen and oxygen atoms in total. The first kappa shape index (κ1) is 29.2. The van der Waals surface area contributed by atoms with E-state index < -0.39 is 0 Å². The van der Waals surface area contributed by atoms with Crippen molar-refractivity contribution in [3.8, 4) is 22.3 Å². The van der Waals surface area contributed by atoms with E-state index in [0.29, 0.717) is 0 Å². The van der Waals surface area contributed by atoms with Gasteiger partial charge in [-0.25, -0.2) is 0 Å². The molecule has 0 bridgehead atoms. The third-order valence-corrected chi connectivity index (χ3v) is 11.5. The first-order valence-corrected chi connectivity index (χ1v) is 17.8. The molecule has 0 N–H and O–H groups in total. The van der Waals surface area contributed by atoms with E-state index in [1.807, 2.05) is 12.2 Å². The molecule has 2 aliphatic carbocycles. The van der Waals surface area contributed by atoms with Gasteiger partial charge < -0.3 is 13.7 Å². The Kier molecular flexibility index (Phi) is 5.75. The predicted molar refractivity (Wildman–Crippen MR) is 218 cm³/mol. The molecule has 0 aliphatic heterocycles. The quantitative estimate of drug-likeness (QED) is 0.165. The van der Waals surface area contributed by atoms with Crippen LogP contribution >= 0.6 is 0 Å². The molecule has 2 aromatic heterocycles. The van der Waals surface area contributed by atoms with E-state index in [-0.39, 0.29) is 5.41 Å². The molecule has 3 heteroatoms. The van der Waals surface area contributed by atoms with Crippen LogP contribution in [0.2, 0.25) is 0 Å². The minimum absolute atomic E-state index is 0.151. The second-order valence-electron chi connectivity index (χ2n) is 14.5. The molecule has 0 spiro atoms. The highest BCUT2D eigenvalue weighted by molar-refractivity contribution is 6.38. The molecule has 2 heterocycles. The fraction of sp³-hybridized carbons (Fsp3) is 0.0612. The average molecular weight is 668 g/mol. The summed E-state index contributed by atoms with van der Waals surface area (Å²) in [4.78, 5) is 2.37. The van der Waals surface area contributed by atoms with Crippen molar-refractivity contribution in [1.29, 1.82) is 0 Å². The molecule has 0 radical (unpaired) electrons. The molecule has 246 valence electrons. The number of benzene rings is 7. The molecule has 0 unspecified atom stereocenters. The Bertz CT molecular complexity index is 3070. The molecule has 0 atom stereocenters. The molecule has 11 rings (SSSR count). The topological polar surface area (TPSA) is 29.5 Å². The maximum Gasteiger partial charge on any atom is 0.160 e. The van der Waals surface area contributed by atoms with Gasteiger partial charge in [-0.05, 0) is 98.4 Å². The highest BCUT2D eigenvalue weighted by Gasteiger charge is 2.36. The summed E-state index contributed by atoms with van der Waals surface area (Å²) in [7, 11) is 0. The lowest BCUT2D eigenvalue weighted by Gasteiger charge is -2.28. The van der Waals surface area contributed by atoms with E-state index in [1.54, 1.807) is 6.08 Å². The van der Waals surface area contributed by atoms with Gasteiger partial charge in [0, 0.05) is 43.7 Å². The van der Waals surface area contributed by atoms with E-state index in [4.69, 9.17) is 8.83 Å². The van der Waals surface area contributed by atoms with Crippen LogP contribution in [0.4, 0.5) is 17.1 Å². The highest BCUT2D eigenvalue weighted by atomic mass is 16.3. The second kappa shape index (κ2) is 10.2. The van der Waals surface area contributed by atoms with Gasteiger partial charge >= 0.3 is 0 Å². The van der Waals surface area contributed by atoms with Crippen molar-refractivity contribution in [2.24, 2.45) is 0 Å². The lowest BCUT2D eigenvalue weighted by molar-refractivity contribution is 0.660. The molecule has 0 fully saturated rings. The lowest BCUT2D eigenvalue weighted by Crippen LogP contribution is -2.16. The van der Waals surface area contributed by atoms with Crippen LogP contribution in [0.25, 0.3) is 82.5 Å². The summed E-state index contributed by atoms with van der Waals surface area (Å²) in [6, 6.07) is 43.9. The second-order valence-corrected chi connectivity index (χ2v) is 14.5. The normalized spacial score (nSPS) is 14.0. The fourth-order valence-corrected chi connectivity index (χ4v) is 9.18. The number of nitrogens with zero attached hydrogens (tertiary/aromatic N) is 1. The largest absolute Gasteiger partial charge is 0.456 e. The number of rotatable bonds is 6. The van der Waals surface area contributed by atoms with Gasteiger partial charge in [-0.15, -0.1) is 0 Å². The third kappa shape index (κ3) is 3.69. The summed E-state index contributed by atoms with van der Waals surface area (Å²) >= 11 is 0. The number of hydrogen-bond acceptors (Lipinski definition) is 3. The van der Waals surface area contributed by atoms with Crippen molar-refractivity contribution in [3.05, 3.63) is 169 Å². The Hall–Kier alpha value is -6.58. The standard InChI is InChI=1S/C49H33NO2/c1-5-11-28(6-2)29-18-21-31(22-19-29)50(32-23-24-34-33-12-7-8-15-37(33)49(3,4)38(34)27-32)39-26-30-20-25-42-46-43(30)47-45-36(14-10-17-41(45)52-48(39)47)35-13-9-16-40(51-42)44(35)46/h5-27H,1-2H2,3-4H3/b28-11+. The molecular weight excluding hydrogens is 635 g/mol. The maximum atomic E-state index is 7.04. The van der Waals surface area contributed by atoms with E-state index in [9.17, 15) is 0 Å². The molecule has 0 amide bonds. The fourth-order valence-electron chi connectivity index (χ4n) is 9.18. The van der Waals surface area contributed by atoms with E-state index in [2.05, 4.69) is 153 Å². The number of fused-ring (bicyclic) bond motifs is 4. The van der Waals surface area contributed by atoms with Gasteiger partial charge in [0.15, 0.2) is 5.58 Å². The van der Waals surface area contributed by atoms with Crippen molar-refractivity contribution in [2.75, 3.05) is 4.90 Å². The van der Waals surface area contributed by atoms with Crippen molar-refractivity contribution < 1.29 is 8.83 Å². The maximum absolute atomic E-state index is 7.04. The third-order valence-electron chi connectivity index (χ3n) is 11.5. The molecule has 7 aromatic carbocycles. The lowest BCUT2D eigenvalue weighted by atomic mass is 9.82. The molecular formula is C49H33NO2. The van der Waals surface area contributed by atoms with Crippen molar-refractivity contribution in [2.45, 2.75) is 19.3 Å². The van der Waals surface area contributed by atoms with E-state index >= 15 is 0 Å². The number of hydrogen-bond donors (Lipinski definition) is 0. The zero-order chi connectivity index (χ0) is 34.9. The summed E-state index contributed by atoms with van der Waals surface area (Å²) in [5.41, 5.74) is 16.2. The van der Waals surface area contributed by atoms with Crippen molar-refractivity contribution in [1.82, 2.24) is 0 Å². The Labute approximate surface area is 301 Å². The summed E-state index contributed by atoms with van der Waals surface area (Å²) < 4.78 is 13.5. The van der Waals surface area contributed by atoms with Gasteiger partial charge in [0.05, 0.1) is 5.69 Å². The zero-order valence-corrected chi connectivity index (χ0v) is 29.0. The van der Waals surface area contributed by atoms with Gasteiger partial charge in [0.2, 0.25) is 0 Å². The molecule has 2 aliphatic rings. The van der Waals surface area contributed by atoms with Crippen LogP contribution in [0.3, 0.4) is 0 Å². The van der Waals surface area contributed by atoms with Crippen LogP contribution in [-0.2, 0) is 5.41 Å². The van der Waals surface area contributed by atoms with Gasteiger partial charge in [-0.2, -0.15) is 0 Å². The number of anilines is 3. The minimum atomic E-state index is -0.151. The summed E-state index contributed by atoms with van der Waals surface area (Å²) in [5, 5.41) is 6.91. The summed E-state index contributed by atoms with van der Waals surface area (Å²) in [6.07, 6.45) is 5.67. The van der Waals surface area contributed by atoms with Gasteiger partial charge in [-0.1, -0.05) is 118 Å². The van der Waals surface area contributed by atoms with Crippen molar-refractivity contribution >= 4 is 77.3 Å². The van der Waals surface area contributed by atoms with Gasteiger partial charge in [0.25, 0.3) is 0 Å². The first-order chi connectivity index (χ1) is 25.5. The van der Waals surface area contributed by atoms with Crippen LogP contribution in [0.5, 0.6) is 0 Å². The summed E-state index contributed by atoms with van der Waals surface area (Å²) in [6.45, 7) is 12.6. The monoisotopic (exact) mass is 667 g/mol. The molecule has 9 aromatic rings. The average Bonchev–Trinajstić information content (AvgIpc) is 3.79. The highest BCUT2D eigenvalue weighted by Crippen LogP contribution is 2.55. The predicted octanol–water partition coefficient (Wildman–Crippen LogP) is 14.2. The van der Waals surface area contributed by atoms with Crippen LogP contribution in [-0.4, -0.2) is 0 Å². The molecule has 0 saturated carbocycles. The Balaban J connectivity index is 1.24. The number of furan rings is 2. The van der Waals surface area contributed by atoms with Crippen molar-refractivity contribution in [3.63, 3.8) is 0 Å². The smallest absolute Gasteiger partial charge is 0.160 e. The molecule has 52 heavy (non-hydrogen) atoms. The Morgan fingerprint density at radius 1 is 0.577 bits per heavy atom. The zero-order valence-electron chi connectivity index (χ0n) is 29.0. The van der Waals surface area contributed by atoms with E-state index in [0.717, 1.165) is 77.6 Å². The Morgan fingerprint density at radius 2 is 1.25 bits per heavy atom. The van der Waals surface area contributed by atoms with Crippen LogP contribution in [0, 0.1) is 0 Å². The van der Waals surface area contributed by atoms with Crippen LogP contribution in [0.1, 0.15) is 30.5 Å². The first-order valence-electron chi connectivity index (χ1n) is 17.8. The van der Waals surface area contributed by atoms with Gasteiger partial charge in [0.1, 0.15) is 16.7 Å². The SMILES string of the molecule is C=C/C=C(\C=C)c1ccc(N(c2ccc3c(c2)C(C)(C)c2ccccc2-3)c2cc3ccc4oc5cccc6c5c4c3c3c2oc2cccc-6c23)cc1. The van der Waals surface area contributed by atoms with Crippen LogP contribution in [0.15, 0.2) is 162 Å².